The Morgan fingerprint density at radius 2 is 1.92 bits per heavy atom. The highest BCUT2D eigenvalue weighted by atomic mass is 16.4. The average molecular weight is 350 g/mol. The van der Waals surface area contributed by atoms with Crippen molar-refractivity contribution >= 4 is 11.8 Å². The Bertz CT molecular complexity index is 632. The van der Waals surface area contributed by atoms with Gasteiger partial charge in [-0.15, -0.1) is 0 Å². The Labute approximate surface area is 148 Å². The first-order chi connectivity index (χ1) is 11.6. The summed E-state index contributed by atoms with van der Waals surface area (Å²) in [6.45, 7) is 3.84. The van der Waals surface area contributed by atoms with Crippen molar-refractivity contribution in [1.82, 2.24) is 0 Å². The van der Waals surface area contributed by atoms with Gasteiger partial charge in [0.05, 0.1) is 23.5 Å². The second-order valence-corrected chi connectivity index (χ2v) is 9.93. The van der Waals surface area contributed by atoms with Gasteiger partial charge in [-0.2, -0.15) is 0 Å². The first-order valence-electron chi connectivity index (χ1n) is 9.70. The molecule has 3 N–H and O–H groups in total. The van der Waals surface area contributed by atoms with E-state index in [1.165, 1.54) is 0 Å². The molecule has 25 heavy (non-hydrogen) atoms. The second-order valence-electron chi connectivity index (χ2n) is 9.93. The maximum atomic E-state index is 12.8. The second kappa shape index (κ2) is 5.07. The number of ketones is 1. The fourth-order valence-corrected chi connectivity index (χ4v) is 7.77. The first kappa shape index (κ1) is 17.5. The zero-order valence-electron chi connectivity index (χ0n) is 15.3. The van der Waals surface area contributed by atoms with Crippen LogP contribution in [-0.2, 0) is 9.59 Å². The Morgan fingerprint density at radius 3 is 2.56 bits per heavy atom. The molecule has 5 heteroatoms. The molecule has 2 unspecified atom stereocenters. The van der Waals surface area contributed by atoms with Gasteiger partial charge in [0.25, 0.3) is 0 Å². The summed E-state index contributed by atoms with van der Waals surface area (Å²) < 4.78 is 0. The third-order valence-corrected chi connectivity index (χ3v) is 9.05. The molecule has 5 nitrogen and oxygen atoms in total. The van der Waals surface area contributed by atoms with Crippen molar-refractivity contribution in [2.75, 3.05) is 6.61 Å². The van der Waals surface area contributed by atoms with Gasteiger partial charge >= 0.3 is 5.97 Å². The third kappa shape index (κ3) is 1.92. The molecule has 4 saturated carbocycles. The van der Waals surface area contributed by atoms with Crippen LogP contribution in [0.25, 0.3) is 0 Å². The van der Waals surface area contributed by atoms with Crippen molar-refractivity contribution < 1.29 is 24.9 Å². The van der Waals surface area contributed by atoms with Crippen LogP contribution in [-0.4, -0.2) is 39.8 Å². The number of fused-ring (bicyclic) bond motifs is 3. The molecule has 0 aromatic carbocycles. The van der Waals surface area contributed by atoms with Gasteiger partial charge in [-0.25, -0.2) is 0 Å². The molecule has 4 fully saturated rings. The van der Waals surface area contributed by atoms with Crippen molar-refractivity contribution in [2.45, 2.75) is 71.3 Å². The molecule has 1 spiro atoms. The highest BCUT2D eigenvalue weighted by Gasteiger charge is 2.71. The number of carbonyl (C=O) groups excluding carboxylic acids is 1. The Kier molecular flexibility index (Phi) is 3.54. The minimum atomic E-state index is -0.968. The number of aliphatic hydroxyl groups is 2. The van der Waals surface area contributed by atoms with Crippen LogP contribution < -0.4 is 0 Å². The summed E-state index contributed by atoms with van der Waals surface area (Å²) in [5, 5.41) is 30.6. The van der Waals surface area contributed by atoms with Crippen molar-refractivity contribution in [1.29, 1.82) is 0 Å². The number of carboxylic acid groups (broad SMARTS) is 1. The predicted octanol–water partition coefficient (Wildman–Crippen LogP) is 2.39. The normalized spacial score (nSPS) is 54.7. The molecule has 4 rings (SSSR count). The largest absolute Gasteiger partial charge is 0.481 e. The maximum absolute atomic E-state index is 12.8. The zero-order chi connectivity index (χ0) is 18.3. The number of aliphatic hydroxyl groups excluding tert-OH is 2. The molecule has 0 heterocycles. The Balaban J connectivity index is 1.77. The summed E-state index contributed by atoms with van der Waals surface area (Å²) in [7, 11) is 0. The molecule has 4 aliphatic carbocycles. The molecule has 4 aliphatic rings. The van der Waals surface area contributed by atoms with Crippen LogP contribution in [0.2, 0.25) is 0 Å². The average Bonchev–Trinajstić information content (AvgIpc) is 2.79. The van der Waals surface area contributed by atoms with Crippen molar-refractivity contribution in [3.63, 3.8) is 0 Å². The smallest absolute Gasteiger partial charge is 0.309 e. The van der Waals surface area contributed by atoms with Crippen LogP contribution in [0, 0.1) is 33.5 Å². The van der Waals surface area contributed by atoms with E-state index in [9.17, 15) is 24.9 Å². The molecular weight excluding hydrogens is 320 g/mol. The molecule has 0 aromatic rings. The number of aliphatic carboxylic acids is 1. The maximum Gasteiger partial charge on any atom is 0.309 e. The lowest BCUT2D eigenvalue weighted by molar-refractivity contribution is -0.195. The summed E-state index contributed by atoms with van der Waals surface area (Å²) in [6, 6.07) is 0. The van der Waals surface area contributed by atoms with E-state index in [1.807, 2.05) is 6.92 Å². The van der Waals surface area contributed by atoms with Crippen LogP contribution in [0.15, 0.2) is 0 Å². The van der Waals surface area contributed by atoms with Crippen LogP contribution in [0.1, 0.15) is 65.2 Å². The highest BCUT2D eigenvalue weighted by Crippen LogP contribution is 2.72. The predicted molar refractivity (Wildman–Crippen MR) is 90.7 cm³/mol. The molecule has 0 saturated heterocycles. The van der Waals surface area contributed by atoms with Crippen LogP contribution in [0.5, 0.6) is 0 Å². The van der Waals surface area contributed by atoms with E-state index in [-0.39, 0.29) is 35.1 Å². The van der Waals surface area contributed by atoms with E-state index < -0.39 is 22.9 Å². The van der Waals surface area contributed by atoms with Gasteiger partial charge in [0.2, 0.25) is 0 Å². The van der Waals surface area contributed by atoms with E-state index in [4.69, 9.17) is 0 Å². The third-order valence-electron chi connectivity index (χ3n) is 9.05. The van der Waals surface area contributed by atoms with E-state index in [0.29, 0.717) is 25.7 Å². The molecule has 140 valence electrons. The monoisotopic (exact) mass is 350 g/mol. The molecule has 0 aromatic heterocycles. The fraction of sp³-hybridized carbons (Fsp3) is 0.900. The summed E-state index contributed by atoms with van der Waals surface area (Å²) in [5.41, 5.74) is -1.99. The van der Waals surface area contributed by atoms with Gasteiger partial charge in [0.15, 0.2) is 0 Å². The van der Waals surface area contributed by atoms with Crippen molar-refractivity contribution in [3.05, 3.63) is 0 Å². The number of carbonyl (C=O) groups is 2. The topological polar surface area (TPSA) is 94.8 Å². The SMILES string of the molecule is C[C@@]12CCC[C@@](C)(C(=O)O)C1CC[C@]13CC(=O)[C@](CO)(C1)[C@H](O)CC32. The molecule has 0 radical (unpaired) electrons. The Morgan fingerprint density at radius 1 is 1.20 bits per heavy atom. The van der Waals surface area contributed by atoms with Crippen molar-refractivity contribution in [2.24, 2.45) is 33.5 Å². The minimum absolute atomic E-state index is 0.0175. The molecule has 2 bridgehead atoms. The number of hydrogen-bond acceptors (Lipinski definition) is 4. The van der Waals surface area contributed by atoms with E-state index in [2.05, 4.69) is 6.92 Å². The lowest BCUT2D eigenvalue weighted by atomic mass is 9.40. The summed E-state index contributed by atoms with van der Waals surface area (Å²) in [5.74, 6) is -0.433. The lowest BCUT2D eigenvalue weighted by Gasteiger charge is -2.64. The fourth-order valence-electron chi connectivity index (χ4n) is 7.77. The highest BCUT2D eigenvalue weighted by molar-refractivity contribution is 5.89. The summed E-state index contributed by atoms with van der Waals surface area (Å²) in [4.78, 5) is 24.8. The Hall–Kier alpha value is -0.940. The number of carboxylic acids is 1. The van der Waals surface area contributed by atoms with Gasteiger partial charge < -0.3 is 15.3 Å². The summed E-state index contributed by atoms with van der Waals surface area (Å²) >= 11 is 0. The van der Waals surface area contributed by atoms with E-state index in [1.54, 1.807) is 0 Å². The van der Waals surface area contributed by atoms with Crippen molar-refractivity contribution in [3.8, 4) is 0 Å². The molecule has 0 aliphatic heterocycles. The van der Waals surface area contributed by atoms with Crippen LogP contribution in [0.4, 0.5) is 0 Å². The van der Waals surface area contributed by atoms with Gasteiger partial charge in [0, 0.05) is 6.42 Å². The molecule has 7 atom stereocenters. The quantitative estimate of drug-likeness (QED) is 0.711. The lowest BCUT2D eigenvalue weighted by Crippen LogP contribution is -2.60. The van der Waals surface area contributed by atoms with Crippen LogP contribution >= 0.6 is 0 Å². The first-order valence-corrected chi connectivity index (χ1v) is 9.70. The number of hydrogen-bond donors (Lipinski definition) is 3. The number of rotatable bonds is 2. The number of Topliss-reactive ketones (excluding diaryl/α,β-unsaturated/α-hetero) is 1. The van der Waals surface area contributed by atoms with Gasteiger partial charge in [-0.3, -0.25) is 9.59 Å². The van der Waals surface area contributed by atoms with Gasteiger partial charge in [0.1, 0.15) is 5.78 Å². The van der Waals surface area contributed by atoms with E-state index in [0.717, 1.165) is 25.7 Å². The summed E-state index contributed by atoms with van der Waals surface area (Å²) in [6.07, 6.45) is 4.99. The van der Waals surface area contributed by atoms with Gasteiger partial charge in [-0.1, -0.05) is 13.3 Å². The molecule has 0 amide bonds. The zero-order valence-corrected chi connectivity index (χ0v) is 15.3. The minimum Gasteiger partial charge on any atom is -0.481 e. The molecular formula is C20H30O5. The standard InChI is InChI=1S/C20H30O5/c1-17-5-3-6-18(2,16(24)25)12(17)4-7-19-9-15(23)20(10-19,11-21)14(22)8-13(17)19/h12-14,21-22H,3-11H2,1-2H3,(H,24,25)/t12?,13?,14-,17-,18-,19+,20+/m1/s1. The van der Waals surface area contributed by atoms with Gasteiger partial charge in [-0.05, 0) is 68.1 Å². The van der Waals surface area contributed by atoms with Crippen LogP contribution in [0.3, 0.4) is 0 Å². The van der Waals surface area contributed by atoms with E-state index >= 15 is 0 Å².